The van der Waals surface area contributed by atoms with Crippen LogP contribution in [-0.2, 0) is 4.79 Å². The number of hydrogen-bond acceptors (Lipinski definition) is 3. The number of carbonyl (C=O) groups excluding carboxylic acids is 2. The van der Waals surface area contributed by atoms with Gasteiger partial charge in [0.25, 0.3) is 0 Å². The first-order valence-electron chi connectivity index (χ1n) is 8.43. The van der Waals surface area contributed by atoms with E-state index in [2.05, 4.69) is 20.7 Å². The molecule has 3 N–H and O–H groups in total. The summed E-state index contributed by atoms with van der Waals surface area (Å²) in [6.45, 7) is 3.46. The van der Waals surface area contributed by atoms with Crippen molar-refractivity contribution in [3.63, 3.8) is 0 Å². The molecule has 0 saturated heterocycles. The van der Waals surface area contributed by atoms with E-state index in [-0.39, 0.29) is 11.6 Å². The molecule has 0 spiro atoms. The summed E-state index contributed by atoms with van der Waals surface area (Å²) in [4.78, 5) is 24.7. The fourth-order valence-electron chi connectivity index (χ4n) is 2.36. The predicted octanol–water partition coefficient (Wildman–Crippen LogP) is 4.37. The van der Waals surface area contributed by atoms with Gasteiger partial charge in [0.05, 0.1) is 0 Å². The molecule has 9 heteroatoms. The van der Waals surface area contributed by atoms with Gasteiger partial charge in [0.15, 0.2) is 0 Å². The Kier molecular flexibility index (Phi) is 6.86. The van der Waals surface area contributed by atoms with Crippen LogP contribution in [0, 0.1) is 5.92 Å². The maximum absolute atomic E-state index is 12.5. The van der Waals surface area contributed by atoms with Crippen LogP contribution < -0.4 is 20.7 Å². The Morgan fingerprint density at radius 1 is 0.929 bits per heavy atom. The Hall–Kier alpha value is -3.23. The molecule has 150 valence electrons. The molecule has 0 radical (unpaired) electrons. The van der Waals surface area contributed by atoms with Crippen molar-refractivity contribution >= 4 is 23.3 Å². The van der Waals surface area contributed by atoms with Crippen molar-refractivity contribution in [3.05, 3.63) is 54.6 Å². The highest BCUT2D eigenvalue weighted by Gasteiger charge is 2.31. The topological polar surface area (TPSA) is 79.5 Å². The summed E-state index contributed by atoms with van der Waals surface area (Å²) in [7, 11) is 0. The molecule has 2 aromatic carbocycles. The average molecular weight is 395 g/mol. The van der Waals surface area contributed by atoms with Gasteiger partial charge < -0.3 is 20.7 Å². The molecule has 0 fully saturated rings. The van der Waals surface area contributed by atoms with Crippen LogP contribution in [0.5, 0.6) is 5.75 Å². The van der Waals surface area contributed by atoms with Gasteiger partial charge in [-0.25, -0.2) is 4.79 Å². The molecule has 0 aliphatic carbocycles. The van der Waals surface area contributed by atoms with Crippen molar-refractivity contribution < 1.29 is 27.5 Å². The first kappa shape index (κ1) is 21.1. The summed E-state index contributed by atoms with van der Waals surface area (Å²) in [5.74, 6) is -1.29. The third-order valence-corrected chi connectivity index (χ3v) is 3.60. The van der Waals surface area contributed by atoms with Gasteiger partial charge in [-0.3, -0.25) is 4.79 Å². The Labute approximate surface area is 160 Å². The minimum Gasteiger partial charge on any atom is -0.406 e. The smallest absolute Gasteiger partial charge is 0.406 e. The first-order valence-corrected chi connectivity index (χ1v) is 8.43. The van der Waals surface area contributed by atoms with Crippen molar-refractivity contribution in [2.24, 2.45) is 5.92 Å². The molecule has 6 nitrogen and oxygen atoms in total. The molecule has 0 aliphatic heterocycles. The number of para-hydroxylation sites is 1. The standard InChI is InChI=1S/C19H20F3N3O3/c1-12(2)16(25-18(27)24-13-7-4-3-5-8-13)17(26)23-14-9-6-10-15(11-14)28-19(20,21)22/h3-12,16H,1-2H3,(H,23,26)(H2,24,25,27)/t16-/m0/s1. The summed E-state index contributed by atoms with van der Waals surface area (Å²) in [5, 5.41) is 7.66. The molecule has 2 aromatic rings. The number of rotatable bonds is 6. The predicted molar refractivity (Wildman–Crippen MR) is 99.0 cm³/mol. The third-order valence-electron chi connectivity index (χ3n) is 3.60. The Morgan fingerprint density at radius 3 is 2.18 bits per heavy atom. The lowest BCUT2D eigenvalue weighted by molar-refractivity contribution is -0.274. The SMILES string of the molecule is CC(C)[C@H](NC(=O)Nc1ccccc1)C(=O)Nc1cccc(OC(F)(F)F)c1. The van der Waals surface area contributed by atoms with Crippen molar-refractivity contribution in [1.82, 2.24) is 5.32 Å². The number of ether oxygens (including phenoxy) is 1. The van der Waals surface area contributed by atoms with E-state index < -0.39 is 30.1 Å². The highest BCUT2D eigenvalue weighted by Crippen LogP contribution is 2.25. The molecule has 0 unspecified atom stereocenters. The van der Waals surface area contributed by atoms with Crippen LogP contribution in [0.1, 0.15) is 13.8 Å². The molecule has 28 heavy (non-hydrogen) atoms. The fraction of sp³-hybridized carbons (Fsp3) is 0.263. The normalized spacial score (nSPS) is 12.2. The Bertz CT molecular complexity index is 811. The van der Waals surface area contributed by atoms with E-state index in [0.717, 1.165) is 12.1 Å². The minimum atomic E-state index is -4.83. The number of nitrogens with one attached hydrogen (secondary N) is 3. The summed E-state index contributed by atoms with van der Waals surface area (Å²) >= 11 is 0. The van der Waals surface area contributed by atoms with Crippen LogP contribution in [0.4, 0.5) is 29.3 Å². The van der Waals surface area contributed by atoms with Crippen molar-refractivity contribution in [1.29, 1.82) is 0 Å². The number of carbonyl (C=O) groups is 2. The highest BCUT2D eigenvalue weighted by atomic mass is 19.4. The number of hydrogen-bond donors (Lipinski definition) is 3. The average Bonchev–Trinajstić information content (AvgIpc) is 2.59. The zero-order valence-electron chi connectivity index (χ0n) is 15.2. The van der Waals surface area contributed by atoms with Gasteiger partial charge in [-0.15, -0.1) is 13.2 Å². The molecular formula is C19H20F3N3O3. The van der Waals surface area contributed by atoms with E-state index in [1.165, 1.54) is 12.1 Å². The van der Waals surface area contributed by atoms with Crippen LogP contribution in [0.3, 0.4) is 0 Å². The van der Waals surface area contributed by atoms with Gasteiger partial charge in [-0.2, -0.15) is 0 Å². The number of amides is 3. The summed E-state index contributed by atoms with van der Waals surface area (Å²) in [5.41, 5.74) is 0.669. The molecule has 0 aromatic heterocycles. The van der Waals surface area contributed by atoms with E-state index in [4.69, 9.17) is 0 Å². The van der Waals surface area contributed by atoms with Gasteiger partial charge in [-0.1, -0.05) is 38.1 Å². The summed E-state index contributed by atoms with van der Waals surface area (Å²) in [6, 6.07) is 12.1. The lowest BCUT2D eigenvalue weighted by atomic mass is 10.0. The van der Waals surface area contributed by atoms with E-state index in [9.17, 15) is 22.8 Å². The molecule has 3 amide bonds. The van der Waals surface area contributed by atoms with Gasteiger partial charge in [0, 0.05) is 17.4 Å². The number of benzene rings is 2. The summed E-state index contributed by atoms with van der Waals surface area (Å²) in [6.07, 6.45) is -4.83. The van der Waals surface area contributed by atoms with Crippen LogP contribution in [0.15, 0.2) is 54.6 Å². The number of urea groups is 1. The van der Waals surface area contributed by atoms with Crippen LogP contribution >= 0.6 is 0 Å². The first-order chi connectivity index (χ1) is 13.1. The zero-order valence-corrected chi connectivity index (χ0v) is 15.2. The maximum atomic E-state index is 12.5. The van der Waals surface area contributed by atoms with Crippen molar-refractivity contribution in [2.75, 3.05) is 10.6 Å². The molecule has 0 saturated carbocycles. The van der Waals surface area contributed by atoms with Crippen LogP contribution in [-0.4, -0.2) is 24.3 Å². The molecule has 0 heterocycles. The van der Waals surface area contributed by atoms with E-state index in [1.54, 1.807) is 44.2 Å². The molecule has 1 atom stereocenters. The van der Waals surface area contributed by atoms with Crippen LogP contribution in [0.2, 0.25) is 0 Å². The second-order valence-corrected chi connectivity index (χ2v) is 6.25. The minimum absolute atomic E-state index is 0.114. The van der Waals surface area contributed by atoms with E-state index in [1.807, 2.05) is 0 Å². The summed E-state index contributed by atoms with van der Waals surface area (Å²) < 4.78 is 40.8. The fourth-order valence-corrected chi connectivity index (χ4v) is 2.36. The third kappa shape index (κ3) is 6.82. The Morgan fingerprint density at radius 2 is 1.57 bits per heavy atom. The number of alkyl halides is 3. The molecular weight excluding hydrogens is 375 g/mol. The van der Waals surface area contributed by atoms with Gasteiger partial charge in [0.2, 0.25) is 5.91 Å². The van der Waals surface area contributed by atoms with Crippen LogP contribution in [0.25, 0.3) is 0 Å². The lowest BCUT2D eigenvalue weighted by Gasteiger charge is -2.22. The van der Waals surface area contributed by atoms with Gasteiger partial charge in [0.1, 0.15) is 11.8 Å². The number of halogens is 3. The number of anilines is 2. The van der Waals surface area contributed by atoms with Crippen molar-refractivity contribution in [3.8, 4) is 5.75 Å². The highest BCUT2D eigenvalue weighted by molar-refractivity contribution is 5.99. The van der Waals surface area contributed by atoms with Gasteiger partial charge >= 0.3 is 12.4 Å². The molecule has 0 bridgehead atoms. The molecule has 2 rings (SSSR count). The van der Waals surface area contributed by atoms with Crippen molar-refractivity contribution in [2.45, 2.75) is 26.3 Å². The monoisotopic (exact) mass is 395 g/mol. The Balaban J connectivity index is 2.02. The second kappa shape index (κ2) is 9.12. The van der Waals surface area contributed by atoms with E-state index >= 15 is 0 Å². The molecule has 0 aliphatic rings. The van der Waals surface area contributed by atoms with Gasteiger partial charge in [-0.05, 0) is 30.2 Å². The largest absolute Gasteiger partial charge is 0.573 e. The second-order valence-electron chi connectivity index (χ2n) is 6.25. The quantitative estimate of drug-likeness (QED) is 0.680. The lowest BCUT2D eigenvalue weighted by Crippen LogP contribution is -2.48. The van der Waals surface area contributed by atoms with E-state index in [0.29, 0.717) is 5.69 Å². The zero-order chi connectivity index (χ0) is 20.7. The maximum Gasteiger partial charge on any atom is 0.573 e.